The zero-order valence-corrected chi connectivity index (χ0v) is 14.7. The van der Waals surface area contributed by atoms with Crippen LogP contribution in [0.15, 0.2) is 40.9 Å². The summed E-state index contributed by atoms with van der Waals surface area (Å²) in [5.41, 5.74) is 6.76. The molecule has 1 aliphatic rings. The van der Waals surface area contributed by atoms with Crippen LogP contribution in [0.1, 0.15) is 25.7 Å². The van der Waals surface area contributed by atoms with Gasteiger partial charge in [0.05, 0.1) is 12.7 Å². The summed E-state index contributed by atoms with van der Waals surface area (Å²) in [5, 5.41) is 0. The second-order valence-corrected chi connectivity index (χ2v) is 6.66. The fraction of sp³-hybridized carbons (Fsp3) is 0.474. The monoisotopic (exact) mass is 342 g/mol. The van der Waals surface area contributed by atoms with Crippen molar-refractivity contribution in [3.05, 3.63) is 42.4 Å². The third kappa shape index (κ3) is 4.90. The smallest absolute Gasteiger partial charge is 0.222 e. The lowest BCUT2D eigenvalue weighted by Crippen LogP contribution is -2.48. The van der Waals surface area contributed by atoms with E-state index in [0.29, 0.717) is 13.0 Å². The summed E-state index contributed by atoms with van der Waals surface area (Å²) in [4.78, 5) is 20.7. The summed E-state index contributed by atoms with van der Waals surface area (Å²) >= 11 is 0. The summed E-state index contributed by atoms with van der Waals surface area (Å²) < 4.78 is 5.86. The highest BCUT2D eigenvalue weighted by Crippen LogP contribution is 2.20. The van der Waals surface area contributed by atoms with E-state index in [1.54, 1.807) is 6.20 Å². The van der Waals surface area contributed by atoms with Crippen molar-refractivity contribution in [1.29, 1.82) is 0 Å². The third-order valence-electron chi connectivity index (χ3n) is 4.51. The van der Waals surface area contributed by atoms with Crippen LogP contribution in [0.4, 0.5) is 0 Å². The van der Waals surface area contributed by atoms with Gasteiger partial charge in [-0.1, -0.05) is 30.3 Å². The lowest BCUT2D eigenvalue weighted by atomic mass is 10.1. The molecular weight excluding hydrogens is 316 g/mol. The zero-order chi connectivity index (χ0) is 17.6. The van der Waals surface area contributed by atoms with Crippen molar-refractivity contribution in [3.8, 4) is 11.3 Å². The van der Waals surface area contributed by atoms with Gasteiger partial charge in [0, 0.05) is 44.2 Å². The molecule has 1 saturated heterocycles. The Kier molecular flexibility index (Phi) is 5.83. The molecule has 25 heavy (non-hydrogen) atoms. The van der Waals surface area contributed by atoms with Crippen molar-refractivity contribution in [2.75, 3.05) is 26.2 Å². The lowest BCUT2D eigenvalue weighted by molar-refractivity contribution is -0.133. The van der Waals surface area contributed by atoms with E-state index in [4.69, 9.17) is 10.2 Å². The van der Waals surface area contributed by atoms with E-state index >= 15 is 0 Å². The standard InChI is InChI=1S/C19H26N4O2/c1-15(20)7-8-19(24)23-11-9-22(10-12-23)14-18-21-13-17(25-18)16-5-3-2-4-6-16/h2-6,13,15H,7-12,14,20H2,1H3. The van der Waals surface area contributed by atoms with Crippen LogP contribution in [0.25, 0.3) is 11.3 Å². The molecule has 2 aromatic rings. The van der Waals surface area contributed by atoms with Crippen LogP contribution in [0.3, 0.4) is 0 Å². The molecule has 3 rings (SSSR count). The van der Waals surface area contributed by atoms with Crippen molar-refractivity contribution >= 4 is 5.91 Å². The van der Waals surface area contributed by atoms with Gasteiger partial charge in [0.25, 0.3) is 0 Å². The largest absolute Gasteiger partial charge is 0.439 e. The summed E-state index contributed by atoms with van der Waals surface area (Å²) in [6, 6.07) is 10.1. The highest BCUT2D eigenvalue weighted by atomic mass is 16.4. The van der Waals surface area contributed by atoms with Crippen molar-refractivity contribution in [1.82, 2.24) is 14.8 Å². The topological polar surface area (TPSA) is 75.6 Å². The Hall–Kier alpha value is -2.18. The molecule has 1 fully saturated rings. The SMILES string of the molecule is CC(N)CCC(=O)N1CCN(Cc2ncc(-c3ccccc3)o2)CC1. The summed E-state index contributed by atoms with van der Waals surface area (Å²) in [7, 11) is 0. The molecule has 1 aromatic carbocycles. The number of benzene rings is 1. The molecule has 134 valence electrons. The molecule has 1 aliphatic heterocycles. The van der Waals surface area contributed by atoms with Crippen LogP contribution < -0.4 is 5.73 Å². The van der Waals surface area contributed by atoms with Crippen molar-refractivity contribution < 1.29 is 9.21 Å². The average molecular weight is 342 g/mol. The van der Waals surface area contributed by atoms with Crippen LogP contribution in [0.2, 0.25) is 0 Å². The van der Waals surface area contributed by atoms with E-state index < -0.39 is 0 Å². The Bertz CT molecular complexity index is 676. The number of nitrogens with zero attached hydrogens (tertiary/aromatic N) is 3. The number of carbonyl (C=O) groups excluding carboxylic acids is 1. The Morgan fingerprint density at radius 3 is 2.64 bits per heavy atom. The molecule has 0 saturated carbocycles. The van der Waals surface area contributed by atoms with Gasteiger partial charge < -0.3 is 15.1 Å². The first-order valence-electron chi connectivity index (χ1n) is 8.87. The number of amides is 1. The Morgan fingerprint density at radius 1 is 1.24 bits per heavy atom. The molecular formula is C19H26N4O2. The molecule has 0 aliphatic carbocycles. The maximum absolute atomic E-state index is 12.1. The first kappa shape index (κ1) is 17.6. The first-order chi connectivity index (χ1) is 12.1. The maximum atomic E-state index is 12.1. The quantitative estimate of drug-likeness (QED) is 0.870. The molecule has 1 atom stereocenters. The number of piperazine rings is 1. The van der Waals surface area contributed by atoms with E-state index in [1.165, 1.54) is 0 Å². The van der Waals surface area contributed by atoms with E-state index in [-0.39, 0.29) is 11.9 Å². The number of hydrogen-bond donors (Lipinski definition) is 1. The van der Waals surface area contributed by atoms with Gasteiger partial charge >= 0.3 is 0 Å². The number of rotatable bonds is 6. The maximum Gasteiger partial charge on any atom is 0.222 e. The molecule has 0 spiro atoms. The highest BCUT2D eigenvalue weighted by Gasteiger charge is 2.22. The van der Waals surface area contributed by atoms with E-state index in [1.807, 2.05) is 42.2 Å². The minimum absolute atomic E-state index is 0.0778. The van der Waals surface area contributed by atoms with E-state index in [2.05, 4.69) is 9.88 Å². The van der Waals surface area contributed by atoms with Crippen LogP contribution in [0, 0.1) is 0 Å². The zero-order valence-electron chi connectivity index (χ0n) is 14.7. The fourth-order valence-corrected chi connectivity index (χ4v) is 2.98. The number of carbonyl (C=O) groups is 1. The summed E-state index contributed by atoms with van der Waals surface area (Å²) in [6.07, 6.45) is 3.06. The molecule has 2 N–H and O–H groups in total. The van der Waals surface area contributed by atoms with Crippen LogP contribution in [-0.2, 0) is 11.3 Å². The second-order valence-electron chi connectivity index (χ2n) is 6.66. The fourth-order valence-electron chi connectivity index (χ4n) is 2.98. The van der Waals surface area contributed by atoms with Crippen molar-refractivity contribution in [3.63, 3.8) is 0 Å². The summed E-state index contributed by atoms with van der Waals surface area (Å²) in [6.45, 7) is 5.80. The number of hydrogen-bond acceptors (Lipinski definition) is 5. The predicted molar refractivity (Wildman–Crippen MR) is 96.7 cm³/mol. The normalized spacial score (nSPS) is 16.8. The molecule has 1 amide bonds. The van der Waals surface area contributed by atoms with Gasteiger partial charge in [0.15, 0.2) is 5.76 Å². The summed E-state index contributed by atoms with van der Waals surface area (Å²) in [5.74, 6) is 1.72. The Labute approximate surface area is 148 Å². The molecule has 1 aromatic heterocycles. The van der Waals surface area contributed by atoms with Crippen LogP contribution in [-0.4, -0.2) is 52.9 Å². The first-order valence-corrected chi connectivity index (χ1v) is 8.87. The lowest BCUT2D eigenvalue weighted by Gasteiger charge is -2.34. The molecule has 6 heteroatoms. The highest BCUT2D eigenvalue weighted by molar-refractivity contribution is 5.76. The molecule has 2 heterocycles. The molecule has 6 nitrogen and oxygen atoms in total. The van der Waals surface area contributed by atoms with Crippen LogP contribution >= 0.6 is 0 Å². The number of aromatic nitrogens is 1. The van der Waals surface area contributed by atoms with Crippen molar-refractivity contribution in [2.45, 2.75) is 32.4 Å². The van der Waals surface area contributed by atoms with Crippen molar-refractivity contribution in [2.24, 2.45) is 5.73 Å². The third-order valence-corrected chi connectivity index (χ3v) is 4.51. The second kappa shape index (κ2) is 8.27. The van der Waals surface area contributed by atoms with Gasteiger partial charge in [-0.05, 0) is 13.3 Å². The minimum Gasteiger partial charge on any atom is -0.439 e. The average Bonchev–Trinajstić information content (AvgIpc) is 3.09. The van der Waals surface area contributed by atoms with Gasteiger partial charge in [-0.2, -0.15) is 0 Å². The number of oxazole rings is 1. The molecule has 1 unspecified atom stereocenters. The van der Waals surface area contributed by atoms with Gasteiger partial charge in [0.1, 0.15) is 0 Å². The van der Waals surface area contributed by atoms with E-state index in [0.717, 1.165) is 49.8 Å². The molecule has 0 radical (unpaired) electrons. The Morgan fingerprint density at radius 2 is 1.96 bits per heavy atom. The predicted octanol–water partition coefficient (Wildman–Crippen LogP) is 2.11. The van der Waals surface area contributed by atoms with E-state index in [9.17, 15) is 4.79 Å². The van der Waals surface area contributed by atoms with Crippen LogP contribution in [0.5, 0.6) is 0 Å². The number of nitrogens with two attached hydrogens (primary N) is 1. The van der Waals surface area contributed by atoms with Gasteiger partial charge in [-0.15, -0.1) is 0 Å². The minimum atomic E-state index is 0.0778. The van der Waals surface area contributed by atoms with Gasteiger partial charge in [0.2, 0.25) is 11.8 Å². The Balaban J connectivity index is 1.48. The molecule has 0 bridgehead atoms. The van der Waals surface area contributed by atoms with Gasteiger partial charge in [-0.25, -0.2) is 4.98 Å². The van der Waals surface area contributed by atoms with Gasteiger partial charge in [-0.3, -0.25) is 9.69 Å².